The van der Waals surface area contributed by atoms with Crippen LogP contribution in [0.25, 0.3) is 5.57 Å². The van der Waals surface area contributed by atoms with E-state index in [2.05, 4.69) is 0 Å². The second-order valence-corrected chi connectivity index (χ2v) is 3.57. The van der Waals surface area contributed by atoms with Crippen molar-refractivity contribution in [3.05, 3.63) is 41.5 Å². The van der Waals surface area contributed by atoms with Gasteiger partial charge in [-0.2, -0.15) is 0 Å². The van der Waals surface area contributed by atoms with Crippen molar-refractivity contribution in [2.45, 2.75) is 12.3 Å². The quantitative estimate of drug-likeness (QED) is 0.626. The molecule has 0 aliphatic heterocycles. The summed E-state index contributed by atoms with van der Waals surface area (Å²) in [5.41, 5.74) is 2.83. The minimum Gasteiger partial charge on any atom is -0.292 e. The summed E-state index contributed by atoms with van der Waals surface area (Å²) in [7, 11) is 0. The minimum atomic E-state index is -0.428. The van der Waals surface area contributed by atoms with Crippen molar-refractivity contribution in [3.8, 4) is 0 Å². The van der Waals surface area contributed by atoms with Gasteiger partial charge in [-0.05, 0) is 23.6 Å². The zero-order valence-electron chi connectivity index (χ0n) is 7.25. The second kappa shape index (κ2) is 3.00. The third-order valence-electron chi connectivity index (χ3n) is 2.34. The molecule has 0 spiro atoms. The van der Waals surface area contributed by atoms with E-state index < -0.39 is 5.38 Å². The predicted molar refractivity (Wildman–Crippen MR) is 53.7 cm³/mol. The molecule has 0 unspecified atom stereocenters. The summed E-state index contributed by atoms with van der Waals surface area (Å²) >= 11 is 5.89. The molecule has 0 saturated carbocycles. The zero-order chi connectivity index (χ0) is 9.42. The van der Waals surface area contributed by atoms with E-state index in [9.17, 15) is 4.79 Å². The van der Waals surface area contributed by atoms with Crippen LogP contribution in [-0.2, 0) is 4.79 Å². The van der Waals surface area contributed by atoms with E-state index >= 15 is 0 Å². The Bertz CT molecular complexity index is 378. The number of carbonyl (C=O) groups excluding carboxylic acids is 1. The number of carbonyl (C=O) groups is 1. The number of hydrogen-bond acceptors (Lipinski definition) is 1. The van der Waals surface area contributed by atoms with Crippen LogP contribution in [0.5, 0.6) is 0 Å². The van der Waals surface area contributed by atoms with Gasteiger partial charge in [0.1, 0.15) is 5.38 Å². The third kappa shape index (κ3) is 1.20. The van der Waals surface area contributed by atoms with Gasteiger partial charge in [0.2, 0.25) is 0 Å². The lowest BCUT2D eigenvalue weighted by Crippen LogP contribution is -2.29. The molecule has 13 heavy (non-hydrogen) atoms. The number of alkyl halides is 1. The largest absolute Gasteiger partial charge is 0.292 e. The summed E-state index contributed by atoms with van der Waals surface area (Å²) in [5, 5.41) is -0.428. The van der Waals surface area contributed by atoms with Crippen molar-refractivity contribution in [1.29, 1.82) is 0 Å². The van der Waals surface area contributed by atoms with Crippen LogP contribution >= 0.6 is 11.6 Å². The van der Waals surface area contributed by atoms with Crippen LogP contribution < -0.4 is 0 Å². The maximum atomic E-state index is 11.2. The predicted octanol–water partition coefficient (Wildman–Crippen LogP) is 2.65. The molecular weight excluding hydrogens is 184 g/mol. The van der Waals surface area contributed by atoms with Crippen LogP contribution in [0, 0.1) is 0 Å². The molecule has 0 aromatic heterocycles. The molecule has 1 nitrogen and oxygen atoms in total. The average molecular weight is 193 g/mol. The van der Waals surface area contributed by atoms with Crippen LogP contribution in [0.4, 0.5) is 0 Å². The van der Waals surface area contributed by atoms with Gasteiger partial charge >= 0.3 is 0 Å². The fraction of sp³-hybridized carbons (Fsp3) is 0.182. The van der Waals surface area contributed by atoms with Crippen molar-refractivity contribution in [2.75, 3.05) is 0 Å². The van der Waals surface area contributed by atoms with Crippen molar-refractivity contribution in [1.82, 2.24) is 0 Å². The average Bonchev–Trinajstić information content (AvgIpc) is 2.19. The minimum absolute atomic E-state index is 0.0560. The van der Waals surface area contributed by atoms with Gasteiger partial charge in [-0.15, -0.1) is 11.6 Å². The Balaban J connectivity index is 2.45. The molecular formula is C11H9ClO. The van der Waals surface area contributed by atoms with Gasteiger partial charge in [0.25, 0.3) is 0 Å². The van der Waals surface area contributed by atoms with Gasteiger partial charge < -0.3 is 0 Å². The van der Waals surface area contributed by atoms with E-state index in [1.165, 1.54) is 0 Å². The number of rotatable bonds is 1. The highest BCUT2D eigenvalue weighted by Gasteiger charge is 2.34. The fourth-order valence-corrected chi connectivity index (χ4v) is 2.00. The van der Waals surface area contributed by atoms with Gasteiger partial charge in [-0.3, -0.25) is 4.79 Å². The molecule has 1 aliphatic rings. The summed E-state index contributed by atoms with van der Waals surface area (Å²) in [6, 6.07) is 9.79. The Morgan fingerprint density at radius 1 is 1.23 bits per heavy atom. The first-order valence-corrected chi connectivity index (χ1v) is 4.60. The Hall–Kier alpha value is -1.08. The summed E-state index contributed by atoms with van der Waals surface area (Å²) in [6.45, 7) is 1.82. The van der Waals surface area contributed by atoms with E-state index in [1.807, 2.05) is 37.3 Å². The Morgan fingerprint density at radius 2 is 1.85 bits per heavy atom. The molecule has 1 aliphatic carbocycles. The van der Waals surface area contributed by atoms with E-state index in [0.717, 1.165) is 16.7 Å². The molecule has 1 atom stereocenters. The molecule has 0 N–H and O–H groups in total. The highest BCUT2D eigenvalue weighted by atomic mass is 35.5. The fourth-order valence-electron chi connectivity index (χ4n) is 1.55. The zero-order valence-corrected chi connectivity index (χ0v) is 8.01. The molecule has 2 rings (SSSR count). The second-order valence-electron chi connectivity index (χ2n) is 3.13. The number of halogens is 1. The molecule has 0 bridgehead atoms. The maximum Gasteiger partial charge on any atom is 0.181 e. The molecule has 1 aromatic rings. The number of allylic oxidation sites excluding steroid dienone is 2. The number of hydrogen-bond donors (Lipinski definition) is 0. The van der Waals surface area contributed by atoms with E-state index in [-0.39, 0.29) is 5.78 Å². The smallest absolute Gasteiger partial charge is 0.181 e. The summed E-state index contributed by atoms with van der Waals surface area (Å²) in [4.78, 5) is 11.2. The van der Waals surface area contributed by atoms with Gasteiger partial charge in [0.05, 0.1) is 0 Å². The van der Waals surface area contributed by atoms with Crippen LogP contribution in [0.2, 0.25) is 0 Å². The van der Waals surface area contributed by atoms with Crippen molar-refractivity contribution in [3.63, 3.8) is 0 Å². The first kappa shape index (κ1) is 8.52. The molecule has 0 heterocycles. The first-order valence-electron chi connectivity index (χ1n) is 4.16. The summed E-state index contributed by atoms with van der Waals surface area (Å²) < 4.78 is 0. The molecule has 0 amide bonds. The number of ketones is 1. The highest BCUT2D eigenvalue weighted by molar-refractivity contribution is 6.46. The summed E-state index contributed by atoms with van der Waals surface area (Å²) in [6.07, 6.45) is 0. The Labute approximate surface area is 82.0 Å². The standard InChI is InChI=1S/C11H9ClO/c1-7-9(10(12)11(7)13)8-5-3-2-4-6-8/h2-6,10H,1H3/t10-/m0/s1. The normalized spacial score (nSPS) is 21.7. The molecule has 2 heteroatoms. The van der Waals surface area contributed by atoms with E-state index in [0.29, 0.717) is 0 Å². The van der Waals surface area contributed by atoms with Crippen molar-refractivity contribution in [2.24, 2.45) is 0 Å². The molecule has 0 saturated heterocycles. The Morgan fingerprint density at radius 3 is 2.38 bits per heavy atom. The van der Waals surface area contributed by atoms with Crippen LogP contribution in [0.1, 0.15) is 12.5 Å². The van der Waals surface area contributed by atoms with Crippen LogP contribution in [0.3, 0.4) is 0 Å². The molecule has 0 fully saturated rings. The lowest BCUT2D eigenvalue weighted by atomic mass is 9.83. The lowest BCUT2D eigenvalue weighted by molar-refractivity contribution is -0.115. The number of benzene rings is 1. The Kier molecular flexibility index (Phi) is 1.97. The van der Waals surface area contributed by atoms with Crippen molar-refractivity contribution >= 4 is 23.0 Å². The molecule has 66 valence electrons. The molecule has 0 radical (unpaired) electrons. The third-order valence-corrected chi connectivity index (χ3v) is 2.76. The van der Waals surface area contributed by atoms with Gasteiger partial charge in [0.15, 0.2) is 5.78 Å². The van der Waals surface area contributed by atoms with Crippen molar-refractivity contribution < 1.29 is 4.79 Å². The first-order chi connectivity index (χ1) is 6.22. The SMILES string of the molecule is CC1=C(c2ccccc2)[C@H](Cl)C1=O. The maximum absolute atomic E-state index is 11.2. The van der Waals surface area contributed by atoms with Gasteiger partial charge in [0, 0.05) is 0 Å². The monoisotopic (exact) mass is 192 g/mol. The van der Waals surface area contributed by atoms with E-state index in [4.69, 9.17) is 11.6 Å². The topological polar surface area (TPSA) is 17.1 Å². The molecule has 1 aromatic carbocycles. The number of Topliss-reactive ketones (excluding diaryl/α,β-unsaturated/α-hetero) is 1. The lowest BCUT2D eigenvalue weighted by Gasteiger charge is -2.25. The van der Waals surface area contributed by atoms with Gasteiger partial charge in [-0.1, -0.05) is 30.3 Å². The van der Waals surface area contributed by atoms with Crippen LogP contribution in [-0.4, -0.2) is 11.2 Å². The van der Waals surface area contributed by atoms with E-state index in [1.54, 1.807) is 0 Å². The van der Waals surface area contributed by atoms with Crippen LogP contribution in [0.15, 0.2) is 35.9 Å². The summed E-state index contributed by atoms with van der Waals surface area (Å²) in [5.74, 6) is 0.0560. The van der Waals surface area contributed by atoms with Gasteiger partial charge in [-0.25, -0.2) is 0 Å². The highest BCUT2D eigenvalue weighted by Crippen LogP contribution is 2.36.